The van der Waals surface area contributed by atoms with E-state index in [-0.39, 0.29) is 5.88 Å². The van der Waals surface area contributed by atoms with Crippen molar-refractivity contribution >= 4 is 23.5 Å². The van der Waals surface area contributed by atoms with Crippen LogP contribution in [0.2, 0.25) is 5.02 Å². The summed E-state index contributed by atoms with van der Waals surface area (Å²) in [6, 6.07) is 10.8. The van der Waals surface area contributed by atoms with Crippen molar-refractivity contribution in [3.63, 3.8) is 0 Å². The smallest absolute Gasteiger partial charge is 0.249 e. The summed E-state index contributed by atoms with van der Waals surface area (Å²) in [5, 5.41) is 0.639. The summed E-state index contributed by atoms with van der Waals surface area (Å²) in [6.07, 6.45) is 2.51. The number of aromatic nitrogens is 2. The molecule has 0 aliphatic rings. The summed E-state index contributed by atoms with van der Waals surface area (Å²) in [7, 11) is 0. The van der Waals surface area contributed by atoms with E-state index >= 15 is 0 Å². The first kappa shape index (κ1) is 12.7. The standard InChI is InChI=1S/C15H11ClN2O2/c1-10-8-11(16)5-6-13(10)20-15-12(9-19)18-7-3-2-4-14(18)17-15/h2-9H,1H3. The fourth-order valence-electron chi connectivity index (χ4n) is 2.01. The van der Waals surface area contributed by atoms with Crippen LogP contribution in [0.3, 0.4) is 0 Å². The molecule has 3 aromatic rings. The third-order valence-electron chi connectivity index (χ3n) is 2.99. The summed E-state index contributed by atoms with van der Waals surface area (Å²) in [4.78, 5) is 15.6. The average molecular weight is 287 g/mol. The molecule has 0 radical (unpaired) electrons. The van der Waals surface area contributed by atoms with Gasteiger partial charge in [-0.1, -0.05) is 17.7 Å². The maximum atomic E-state index is 11.3. The highest BCUT2D eigenvalue weighted by Crippen LogP contribution is 2.28. The number of carbonyl (C=O) groups is 1. The van der Waals surface area contributed by atoms with E-state index in [1.54, 1.807) is 28.8 Å². The molecule has 2 aromatic heterocycles. The van der Waals surface area contributed by atoms with Crippen LogP contribution in [0.1, 0.15) is 16.1 Å². The number of aldehydes is 1. The largest absolute Gasteiger partial charge is 0.437 e. The SMILES string of the molecule is Cc1cc(Cl)ccc1Oc1nc2ccccn2c1C=O. The average Bonchev–Trinajstić information content (AvgIpc) is 2.79. The predicted octanol–water partition coefficient (Wildman–Crippen LogP) is 3.90. The molecular formula is C15H11ClN2O2. The molecule has 0 fully saturated rings. The molecule has 0 unspecified atom stereocenters. The molecule has 0 atom stereocenters. The van der Waals surface area contributed by atoms with Crippen LogP contribution >= 0.6 is 11.6 Å². The molecule has 0 saturated heterocycles. The zero-order chi connectivity index (χ0) is 14.1. The molecule has 3 rings (SSSR count). The van der Waals surface area contributed by atoms with Crippen molar-refractivity contribution in [3.05, 3.63) is 58.9 Å². The van der Waals surface area contributed by atoms with Gasteiger partial charge in [-0.05, 0) is 42.8 Å². The number of benzene rings is 1. The van der Waals surface area contributed by atoms with Crippen LogP contribution < -0.4 is 4.74 Å². The van der Waals surface area contributed by atoms with Crippen molar-refractivity contribution in [1.29, 1.82) is 0 Å². The van der Waals surface area contributed by atoms with Gasteiger partial charge in [-0.15, -0.1) is 0 Å². The van der Waals surface area contributed by atoms with Crippen molar-refractivity contribution in [1.82, 2.24) is 9.38 Å². The molecule has 100 valence electrons. The maximum absolute atomic E-state index is 11.3. The van der Waals surface area contributed by atoms with E-state index in [0.29, 0.717) is 22.1 Å². The third kappa shape index (κ3) is 2.14. The molecule has 0 N–H and O–H groups in total. The van der Waals surface area contributed by atoms with Crippen molar-refractivity contribution in [2.45, 2.75) is 6.92 Å². The maximum Gasteiger partial charge on any atom is 0.249 e. The predicted molar refractivity (Wildman–Crippen MR) is 76.8 cm³/mol. The Labute approximate surface area is 120 Å². The number of hydrogen-bond acceptors (Lipinski definition) is 3. The summed E-state index contributed by atoms with van der Waals surface area (Å²) < 4.78 is 7.44. The van der Waals surface area contributed by atoms with Gasteiger partial charge >= 0.3 is 0 Å². The van der Waals surface area contributed by atoms with Crippen LogP contribution in [-0.2, 0) is 0 Å². The van der Waals surface area contributed by atoms with Crippen molar-refractivity contribution in [2.24, 2.45) is 0 Å². The quantitative estimate of drug-likeness (QED) is 0.686. The summed E-state index contributed by atoms with van der Waals surface area (Å²) in [5.74, 6) is 0.914. The van der Waals surface area contributed by atoms with E-state index in [4.69, 9.17) is 16.3 Å². The Morgan fingerprint density at radius 3 is 2.90 bits per heavy atom. The number of carbonyl (C=O) groups excluding carboxylic acids is 1. The number of ether oxygens (including phenoxy) is 1. The molecule has 0 bridgehead atoms. The topological polar surface area (TPSA) is 43.6 Å². The van der Waals surface area contributed by atoms with Gasteiger partial charge < -0.3 is 4.74 Å². The fourth-order valence-corrected chi connectivity index (χ4v) is 2.23. The number of fused-ring (bicyclic) bond motifs is 1. The molecule has 0 spiro atoms. The Morgan fingerprint density at radius 2 is 2.15 bits per heavy atom. The minimum Gasteiger partial charge on any atom is -0.437 e. The van der Waals surface area contributed by atoms with E-state index in [0.717, 1.165) is 11.8 Å². The number of rotatable bonds is 3. The van der Waals surface area contributed by atoms with Gasteiger partial charge in [0.25, 0.3) is 0 Å². The fraction of sp³-hybridized carbons (Fsp3) is 0.0667. The van der Waals surface area contributed by atoms with Crippen LogP contribution in [0, 0.1) is 6.92 Å². The number of pyridine rings is 1. The Balaban J connectivity index is 2.08. The van der Waals surface area contributed by atoms with Gasteiger partial charge in [0.1, 0.15) is 11.4 Å². The van der Waals surface area contributed by atoms with Gasteiger partial charge in [-0.2, -0.15) is 4.98 Å². The lowest BCUT2D eigenvalue weighted by atomic mass is 10.2. The van der Waals surface area contributed by atoms with E-state index in [2.05, 4.69) is 4.98 Å². The number of halogens is 1. The molecule has 1 aromatic carbocycles. The Hall–Kier alpha value is -2.33. The molecule has 20 heavy (non-hydrogen) atoms. The van der Waals surface area contributed by atoms with Crippen LogP contribution in [0.5, 0.6) is 11.6 Å². The minimum absolute atomic E-state index is 0.289. The Morgan fingerprint density at radius 1 is 1.30 bits per heavy atom. The van der Waals surface area contributed by atoms with E-state index in [1.165, 1.54) is 0 Å². The van der Waals surface area contributed by atoms with Crippen LogP contribution in [0.15, 0.2) is 42.6 Å². The van der Waals surface area contributed by atoms with Gasteiger partial charge in [-0.25, -0.2) is 0 Å². The third-order valence-corrected chi connectivity index (χ3v) is 3.22. The minimum atomic E-state index is 0.289. The van der Waals surface area contributed by atoms with Gasteiger partial charge in [0.05, 0.1) is 0 Å². The van der Waals surface area contributed by atoms with E-state index in [9.17, 15) is 4.79 Å². The highest BCUT2D eigenvalue weighted by molar-refractivity contribution is 6.30. The number of aryl methyl sites for hydroxylation is 1. The zero-order valence-corrected chi connectivity index (χ0v) is 11.5. The lowest BCUT2D eigenvalue weighted by molar-refractivity contribution is 0.111. The van der Waals surface area contributed by atoms with E-state index in [1.807, 2.05) is 25.1 Å². The highest BCUT2D eigenvalue weighted by Gasteiger charge is 2.14. The number of nitrogens with zero attached hydrogens (tertiary/aromatic N) is 2. The summed E-state index contributed by atoms with van der Waals surface area (Å²) >= 11 is 5.91. The molecule has 2 heterocycles. The van der Waals surface area contributed by atoms with Crippen LogP contribution in [0.25, 0.3) is 5.65 Å². The molecule has 4 nitrogen and oxygen atoms in total. The second-order valence-electron chi connectivity index (χ2n) is 4.36. The molecule has 0 amide bonds. The molecular weight excluding hydrogens is 276 g/mol. The number of imidazole rings is 1. The van der Waals surface area contributed by atoms with Crippen molar-refractivity contribution in [3.8, 4) is 11.6 Å². The monoisotopic (exact) mass is 286 g/mol. The van der Waals surface area contributed by atoms with Gasteiger partial charge in [0.2, 0.25) is 5.88 Å². The normalized spacial score (nSPS) is 10.7. The Kier molecular flexibility index (Phi) is 3.16. The first-order valence-corrected chi connectivity index (χ1v) is 6.43. The van der Waals surface area contributed by atoms with Gasteiger partial charge in [0, 0.05) is 11.2 Å². The number of hydrogen-bond donors (Lipinski definition) is 0. The van der Waals surface area contributed by atoms with Gasteiger partial charge in [0.15, 0.2) is 12.0 Å². The van der Waals surface area contributed by atoms with Crippen molar-refractivity contribution in [2.75, 3.05) is 0 Å². The second kappa shape index (κ2) is 4.98. The first-order chi connectivity index (χ1) is 9.69. The second-order valence-corrected chi connectivity index (χ2v) is 4.80. The van der Waals surface area contributed by atoms with Crippen molar-refractivity contribution < 1.29 is 9.53 Å². The zero-order valence-electron chi connectivity index (χ0n) is 10.7. The lowest BCUT2D eigenvalue weighted by Crippen LogP contribution is -1.94. The highest BCUT2D eigenvalue weighted by atomic mass is 35.5. The van der Waals surface area contributed by atoms with Crippen LogP contribution in [-0.4, -0.2) is 15.7 Å². The Bertz CT molecular complexity index is 796. The first-order valence-electron chi connectivity index (χ1n) is 6.05. The molecule has 0 aliphatic carbocycles. The molecule has 0 aliphatic heterocycles. The van der Waals surface area contributed by atoms with Gasteiger partial charge in [-0.3, -0.25) is 9.20 Å². The van der Waals surface area contributed by atoms with E-state index < -0.39 is 0 Å². The summed E-state index contributed by atoms with van der Waals surface area (Å²) in [5.41, 5.74) is 1.93. The lowest BCUT2D eigenvalue weighted by Gasteiger charge is -2.06. The summed E-state index contributed by atoms with van der Waals surface area (Å²) in [6.45, 7) is 1.89. The molecule has 5 heteroatoms. The van der Waals surface area contributed by atoms with Crippen LogP contribution in [0.4, 0.5) is 0 Å². The molecule has 0 saturated carbocycles.